The van der Waals surface area contributed by atoms with Gasteiger partial charge in [0.2, 0.25) is 0 Å². The number of nitrogens with zero attached hydrogens (tertiary/aromatic N) is 3. The zero-order valence-corrected chi connectivity index (χ0v) is 15.0. The zero-order chi connectivity index (χ0) is 17.4. The Morgan fingerprint density at radius 2 is 1.92 bits per heavy atom. The predicted molar refractivity (Wildman–Crippen MR) is 98.4 cm³/mol. The molecule has 0 unspecified atom stereocenters. The first kappa shape index (κ1) is 15.9. The lowest BCUT2D eigenvalue weighted by Crippen LogP contribution is -2.12. The van der Waals surface area contributed by atoms with Gasteiger partial charge in [-0.1, -0.05) is 28.1 Å². The van der Waals surface area contributed by atoms with Crippen LogP contribution in [0.1, 0.15) is 10.5 Å². The Labute approximate surface area is 154 Å². The van der Waals surface area contributed by atoms with Crippen LogP contribution in [0, 0.1) is 5.82 Å². The number of hydrogen-bond donors (Lipinski definition) is 1. The van der Waals surface area contributed by atoms with Gasteiger partial charge in [-0.25, -0.2) is 14.4 Å². The van der Waals surface area contributed by atoms with Crippen LogP contribution in [0.15, 0.2) is 58.6 Å². The molecule has 0 atom stereocenters. The molecule has 0 saturated carbocycles. The average Bonchev–Trinajstić information content (AvgIpc) is 3.22. The lowest BCUT2D eigenvalue weighted by molar-refractivity contribution is 0.102. The Kier molecular flexibility index (Phi) is 4.06. The molecule has 1 amide bonds. The molecule has 124 valence electrons. The van der Waals surface area contributed by atoms with Crippen LogP contribution in [0.5, 0.6) is 0 Å². The van der Waals surface area contributed by atoms with Gasteiger partial charge in [-0.05, 0) is 24.3 Å². The van der Waals surface area contributed by atoms with Crippen LogP contribution in [-0.2, 0) is 0 Å². The smallest absolute Gasteiger partial charge is 0.277 e. The molecule has 4 rings (SSSR count). The minimum atomic E-state index is -0.393. The van der Waals surface area contributed by atoms with Crippen molar-refractivity contribution in [2.24, 2.45) is 0 Å². The normalized spacial score (nSPS) is 11.0. The molecule has 5 nitrogen and oxygen atoms in total. The van der Waals surface area contributed by atoms with E-state index in [1.54, 1.807) is 0 Å². The molecule has 0 aliphatic heterocycles. The Morgan fingerprint density at radius 3 is 2.72 bits per heavy atom. The van der Waals surface area contributed by atoms with Crippen LogP contribution >= 0.6 is 27.3 Å². The van der Waals surface area contributed by atoms with Gasteiger partial charge < -0.3 is 4.40 Å². The Balaban J connectivity index is 1.55. The topological polar surface area (TPSA) is 59.3 Å². The maximum atomic E-state index is 13.2. The number of halogens is 2. The van der Waals surface area contributed by atoms with Crippen LogP contribution in [0.2, 0.25) is 0 Å². The lowest BCUT2D eigenvalue weighted by atomic mass is 10.2. The maximum Gasteiger partial charge on any atom is 0.277 e. The molecule has 3 heterocycles. The molecule has 25 heavy (non-hydrogen) atoms. The molecule has 0 fully saturated rings. The number of aromatic nitrogens is 3. The second-order valence-corrected chi connectivity index (χ2v) is 7.01. The monoisotopic (exact) mass is 416 g/mol. The van der Waals surface area contributed by atoms with Gasteiger partial charge in [0, 0.05) is 27.8 Å². The van der Waals surface area contributed by atoms with Crippen LogP contribution in [0.3, 0.4) is 0 Å². The fourth-order valence-electron chi connectivity index (χ4n) is 2.32. The summed E-state index contributed by atoms with van der Waals surface area (Å²) in [5, 5.41) is 5.08. The van der Waals surface area contributed by atoms with Gasteiger partial charge in [-0.3, -0.25) is 10.1 Å². The van der Waals surface area contributed by atoms with E-state index in [2.05, 4.69) is 31.2 Å². The van der Waals surface area contributed by atoms with E-state index in [9.17, 15) is 9.18 Å². The second kappa shape index (κ2) is 6.38. The molecule has 1 aromatic carbocycles. The lowest BCUT2D eigenvalue weighted by Gasteiger charge is -1.98. The predicted octanol–water partition coefficient (Wildman–Crippen LogP) is 4.61. The fraction of sp³-hybridized carbons (Fsp3) is 0. The number of amides is 1. The molecule has 0 saturated heterocycles. The highest BCUT2D eigenvalue weighted by molar-refractivity contribution is 9.10. The van der Waals surface area contributed by atoms with E-state index in [-0.39, 0.29) is 11.6 Å². The van der Waals surface area contributed by atoms with Gasteiger partial charge in [-0.15, -0.1) is 11.3 Å². The SMILES string of the molecule is O=C(Nc1nc(-c2ccc(Br)cc2)cs1)c1cn2cc(F)ccc2n1. The van der Waals surface area contributed by atoms with Gasteiger partial charge in [-0.2, -0.15) is 0 Å². The first-order valence-corrected chi connectivity index (χ1v) is 8.93. The molecule has 1 N–H and O–H groups in total. The minimum Gasteiger partial charge on any atom is -0.303 e. The summed E-state index contributed by atoms with van der Waals surface area (Å²) in [6.45, 7) is 0. The molecule has 0 radical (unpaired) electrons. The quantitative estimate of drug-likeness (QED) is 0.530. The first-order valence-electron chi connectivity index (χ1n) is 7.25. The van der Waals surface area contributed by atoms with Crippen molar-refractivity contribution < 1.29 is 9.18 Å². The van der Waals surface area contributed by atoms with E-state index < -0.39 is 5.82 Å². The van der Waals surface area contributed by atoms with Crippen molar-refractivity contribution in [3.05, 3.63) is 70.2 Å². The third-order valence-electron chi connectivity index (χ3n) is 3.51. The van der Waals surface area contributed by atoms with Gasteiger partial charge in [0.15, 0.2) is 5.13 Å². The molecule has 3 aromatic heterocycles. The van der Waals surface area contributed by atoms with Crippen molar-refractivity contribution in [1.82, 2.24) is 14.4 Å². The van der Waals surface area contributed by atoms with E-state index >= 15 is 0 Å². The number of carbonyl (C=O) groups is 1. The standard InChI is InChI=1S/C17H10BrFN4OS/c18-11-3-1-10(2-4-11)14-9-25-17(21-14)22-16(24)13-8-23-7-12(19)5-6-15(23)20-13/h1-9H,(H,21,22,24). The largest absolute Gasteiger partial charge is 0.303 e. The number of thiazole rings is 1. The molecule has 0 aliphatic rings. The molecular weight excluding hydrogens is 407 g/mol. The highest BCUT2D eigenvalue weighted by atomic mass is 79.9. The summed E-state index contributed by atoms with van der Waals surface area (Å²) >= 11 is 4.73. The van der Waals surface area contributed by atoms with Gasteiger partial charge >= 0.3 is 0 Å². The number of fused-ring (bicyclic) bond motifs is 1. The van der Waals surface area contributed by atoms with Crippen molar-refractivity contribution in [3.8, 4) is 11.3 Å². The summed E-state index contributed by atoms with van der Waals surface area (Å²) in [6.07, 6.45) is 2.76. The molecule has 8 heteroatoms. The van der Waals surface area contributed by atoms with E-state index in [0.717, 1.165) is 15.7 Å². The highest BCUT2D eigenvalue weighted by Crippen LogP contribution is 2.26. The molecule has 0 aliphatic carbocycles. The number of pyridine rings is 1. The summed E-state index contributed by atoms with van der Waals surface area (Å²) in [5.74, 6) is -0.781. The van der Waals surface area contributed by atoms with Crippen LogP contribution in [0.4, 0.5) is 9.52 Å². The van der Waals surface area contributed by atoms with Gasteiger partial charge in [0.25, 0.3) is 5.91 Å². The zero-order valence-electron chi connectivity index (χ0n) is 12.6. The third-order valence-corrected chi connectivity index (χ3v) is 4.80. The number of rotatable bonds is 3. The summed E-state index contributed by atoms with van der Waals surface area (Å²) in [6, 6.07) is 10.6. The minimum absolute atomic E-state index is 0.200. The van der Waals surface area contributed by atoms with Crippen LogP contribution in [0.25, 0.3) is 16.9 Å². The van der Waals surface area contributed by atoms with E-state index in [0.29, 0.717) is 10.8 Å². The van der Waals surface area contributed by atoms with Crippen molar-refractivity contribution in [2.75, 3.05) is 5.32 Å². The maximum absolute atomic E-state index is 13.2. The van der Waals surface area contributed by atoms with Crippen molar-refractivity contribution in [3.63, 3.8) is 0 Å². The van der Waals surface area contributed by atoms with Crippen molar-refractivity contribution in [1.29, 1.82) is 0 Å². The second-order valence-electron chi connectivity index (χ2n) is 5.24. The first-order chi connectivity index (χ1) is 12.1. The Morgan fingerprint density at radius 1 is 1.12 bits per heavy atom. The number of carbonyl (C=O) groups excluding carboxylic acids is 1. The molecule has 4 aromatic rings. The number of nitrogens with one attached hydrogen (secondary N) is 1. The number of imidazole rings is 1. The highest BCUT2D eigenvalue weighted by Gasteiger charge is 2.13. The third kappa shape index (κ3) is 3.31. The summed E-state index contributed by atoms with van der Waals surface area (Å²) in [7, 11) is 0. The van der Waals surface area contributed by atoms with Crippen LogP contribution < -0.4 is 5.32 Å². The number of anilines is 1. The van der Waals surface area contributed by atoms with Gasteiger partial charge in [0.05, 0.1) is 5.69 Å². The molecular formula is C17H10BrFN4OS. The number of hydrogen-bond acceptors (Lipinski definition) is 4. The van der Waals surface area contributed by atoms with E-state index in [4.69, 9.17) is 0 Å². The summed E-state index contributed by atoms with van der Waals surface area (Å²) in [4.78, 5) is 20.9. The summed E-state index contributed by atoms with van der Waals surface area (Å²) in [5.41, 5.74) is 2.44. The van der Waals surface area contributed by atoms with Crippen molar-refractivity contribution >= 4 is 44.0 Å². The van der Waals surface area contributed by atoms with Gasteiger partial charge in [0.1, 0.15) is 17.2 Å². The average molecular weight is 417 g/mol. The Bertz CT molecular complexity index is 1070. The Hall–Kier alpha value is -2.58. The van der Waals surface area contributed by atoms with Crippen LogP contribution in [-0.4, -0.2) is 20.3 Å². The van der Waals surface area contributed by atoms with E-state index in [1.165, 1.54) is 40.3 Å². The molecule has 0 bridgehead atoms. The fourth-order valence-corrected chi connectivity index (χ4v) is 3.30. The molecule has 0 spiro atoms. The number of benzene rings is 1. The van der Waals surface area contributed by atoms with Crippen molar-refractivity contribution in [2.45, 2.75) is 0 Å². The van der Waals surface area contributed by atoms with E-state index in [1.807, 2.05) is 29.6 Å². The summed E-state index contributed by atoms with van der Waals surface area (Å²) < 4.78 is 15.7.